The summed E-state index contributed by atoms with van der Waals surface area (Å²) in [5.74, 6) is -0.114. The van der Waals surface area contributed by atoms with E-state index in [-0.39, 0.29) is 11.7 Å². The van der Waals surface area contributed by atoms with Crippen LogP contribution < -0.4 is 0 Å². The zero-order valence-corrected chi connectivity index (χ0v) is 8.60. The minimum absolute atomic E-state index is 0.172. The minimum atomic E-state index is -5.53. The van der Waals surface area contributed by atoms with Crippen molar-refractivity contribution in [3.8, 4) is 0 Å². The van der Waals surface area contributed by atoms with Crippen LogP contribution in [-0.4, -0.2) is 13.9 Å². The second kappa shape index (κ2) is 3.88. The van der Waals surface area contributed by atoms with E-state index in [2.05, 4.69) is 4.18 Å². The molecule has 1 atom stereocenters. The number of hydrogen-bond acceptors (Lipinski definition) is 3. The van der Waals surface area contributed by atoms with E-state index < -0.39 is 15.6 Å². The Labute approximate surface area is 85.4 Å². The highest BCUT2D eigenvalue weighted by molar-refractivity contribution is 7.87. The fraction of sp³-hybridized carbons (Fsp3) is 0.500. The van der Waals surface area contributed by atoms with Gasteiger partial charge in [-0.2, -0.15) is 21.6 Å². The highest BCUT2D eigenvalue weighted by Gasteiger charge is 2.48. The molecule has 0 fully saturated rings. The van der Waals surface area contributed by atoms with Gasteiger partial charge in [-0.3, -0.25) is 0 Å². The monoisotopic (exact) mass is 242 g/mol. The molecule has 0 aliphatic heterocycles. The molecule has 86 valence electrons. The first-order valence-electron chi connectivity index (χ1n) is 4.11. The number of halogens is 3. The van der Waals surface area contributed by atoms with E-state index >= 15 is 0 Å². The van der Waals surface area contributed by atoms with Crippen LogP contribution in [-0.2, 0) is 14.3 Å². The molecular formula is C8H9F3O3S. The Morgan fingerprint density at radius 2 is 2.07 bits per heavy atom. The lowest BCUT2D eigenvalue weighted by atomic mass is 10.0. The number of alkyl halides is 3. The molecule has 1 rings (SSSR count). The van der Waals surface area contributed by atoms with Crippen LogP contribution >= 0.6 is 0 Å². The first-order valence-corrected chi connectivity index (χ1v) is 5.52. The molecule has 0 spiro atoms. The van der Waals surface area contributed by atoms with Crippen molar-refractivity contribution < 1.29 is 25.8 Å². The first kappa shape index (κ1) is 12.1. The average molecular weight is 242 g/mol. The maximum atomic E-state index is 11.9. The van der Waals surface area contributed by atoms with Crippen LogP contribution in [0.4, 0.5) is 13.2 Å². The van der Waals surface area contributed by atoms with Crippen LogP contribution in [0.1, 0.15) is 13.3 Å². The number of allylic oxidation sites excluding steroid dienone is 3. The summed E-state index contributed by atoms with van der Waals surface area (Å²) >= 11 is 0. The quantitative estimate of drug-likeness (QED) is 0.551. The normalized spacial score (nSPS) is 22.4. The minimum Gasteiger partial charge on any atom is -0.376 e. The Kier molecular flexibility index (Phi) is 3.13. The second-order valence-electron chi connectivity index (χ2n) is 3.16. The SMILES string of the molecule is CC1C=CC(OS(=O)(=O)C(F)(F)F)=CC1. The zero-order valence-electron chi connectivity index (χ0n) is 7.78. The van der Waals surface area contributed by atoms with Crippen molar-refractivity contribution in [1.82, 2.24) is 0 Å². The average Bonchev–Trinajstić information content (AvgIpc) is 2.06. The third-order valence-electron chi connectivity index (χ3n) is 1.77. The lowest BCUT2D eigenvalue weighted by molar-refractivity contribution is -0.0520. The molecule has 7 heteroatoms. The maximum absolute atomic E-state index is 11.9. The maximum Gasteiger partial charge on any atom is 0.534 e. The molecule has 0 saturated carbocycles. The van der Waals surface area contributed by atoms with Gasteiger partial charge in [-0.25, -0.2) is 0 Å². The Morgan fingerprint density at radius 3 is 2.47 bits per heavy atom. The lowest BCUT2D eigenvalue weighted by Gasteiger charge is -2.13. The molecule has 0 aromatic heterocycles. The predicted molar refractivity (Wildman–Crippen MR) is 47.1 cm³/mol. The van der Waals surface area contributed by atoms with Crippen molar-refractivity contribution in [3.05, 3.63) is 24.0 Å². The predicted octanol–water partition coefficient (Wildman–Crippen LogP) is 2.33. The van der Waals surface area contributed by atoms with Gasteiger partial charge in [0.15, 0.2) is 0 Å². The summed E-state index contributed by atoms with van der Waals surface area (Å²) in [7, 11) is -5.53. The first-order chi connectivity index (χ1) is 6.72. The van der Waals surface area contributed by atoms with Crippen LogP contribution in [0.3, 0.4) is 0 Å². The van der Waals surface area contributed by atoms with Crippen LogP contribution in [0.5, 0.6) is 0 Å². The molecular weight excluding hydrogens is 233 g/mol. The van der Waals surface area contributed by atoms with Gasteiger partial charge in [0.1, 0.15) is 5.76 Å². The molecule has 1 aliphatic rings. The highest BCUT2D eigenvalue weighted by atomic mass is 32.2. The number of hydrogen-bond donors (Lipinski definition) is 0. The summed E-state index contributed by atoms with van der Waals surface area (Å²) in [5.41, 5.74) is -5.38. The van der Waals surface area contributed by atoms with Crippen molar-refractivity contribution in [3.63, 3.8) is 0 Å². The molecule has 0 N–H and O–H groups in total. The van der Waals surface area contributed by atoms with Crippen molar-refractivity contribution in [1.29, 1.82) is 0 Å². The Bertz CT molecular complexity index is 392. The van der Waals surface area contributed by atoms with Gasteiger partial charge in [-0.1, -0.05) is 13.0 Å². The molecule has 1 unspecified atom stereocenters. The van der Waals surface area contributed by atoms with Gasteiger partial charge in [0.25, 0.3) is 0 Å². The molecule has 0 saturated heterocycles. The van der Waals surface area contributed by atoms with Crippen molar-refractivity contribution >= 4 is 10.1 Å². The summed E-state index contributed by atoms with van der Waals surface area (Å²) in [6, 6.07) is 0. The number of rotatable bonds is 2. The summed E-state index contributed by atoms with van der Waals surface area (Å²) < 4.78 is 60.8. The lowest BCUT2D eigenvalue weighted by Crippen LogP contribution is -2.25. The fourth-order valence-electron chi connectivity index (χ4n) is 0.943. The van der Waals surface area contributed by atoms with Gasteiger partial charge in [0.05, 0.1) is 0 Å². The Morgan fingerprint density at radius 1 is 1.47 bits per heavy atom. The topological polar surface area (TPSA) is 43.4 Å². The zero-order chi connectivity index (χ0) is 11.7. The van der Waals surface area contributed by atoms with Gasteiger partial charge in [-0.15, -0.1) is 0 Å². The molecule has 0 amide bonds. The van der Waals surface area contributed by atoms with Crippen molar-refractivity contribution in [2.24, 2.45) is 5.92 Å². The summed E-state index contributed by atoms with van der Waals surface area (Å²) in [4.78, 5) is 0. The van der Waals surface area contributed by atoms with Gasteiger partial charge in [0.2, 0.25) is 0 Å². The largest absolute Gasteiger partial charge is 0.534 e. The van der Waals surface area contributed by atoms with Crippen LogP contribution in [0, 0.1) is 5.92 Å². The molecule has 0 radical (unpaired) electrons. The van der Waals surface area contributed by atoms with Crippen LogP contribution in [0.25, 0.3) is 0 Å². The molecule has 0 aromatic rings. The third-order valence-corrected chi connectivity index (χ3v) is 2.75. The standard InChI is InChI=1S/C8H9F3O3S/c1-6-2-4-7(5-3-6)14-15(12,13)8(9,10)11/h2,4-6H,3H2,1H3. The summed E-state index contributed by atoms with van der Waals surface area (Å²) in [5, 5.41) is 0. The van der Waals surface area contributed by atoms with E-state index in [1.54, 1.807) is 6.08 Å². The van der Waals surface area contributed by atoms with Gasteiger partial charge >= 0.3 is 15.6 Å². The van der Waals surface area contributed by atoms with Crippen molar-refractivity contribution in [2.75, 3.05) is 0 Å². The van der Waals surface area contributed by atoms with E-state index in [1.807, 2.05) is 6.92 Å². The molecule has 0 heterocycles. The van der Waals surface area contributed by atoms with Gasteiger partial charge in [0, 0.05) is 0 Å². The van der Waals surface area contributed by atoms with E-state index in [0.29, 0.717) is 6.42 Å². The fourth-order valence-corrected chi connectivity index (χ4v) is 1.41. The van der Waals surface area contributed by atoms with E-state index in [1.165, 1.54) is 12.2 Å². The highest BCUT2D eigenvalue weighted by Crippen LogP contribution is 2.28. The Hall–Kier alpha value is -0.980. The molecule has 15 heavy (non-hydrogen) atoms. The molecule has 0 bridgehead atoms. The molecule has 0 aromatic carbocycles. The smallest absolute Gasteiger partial charge is 0.376 e. The Balaban J connectivity index is 2.77. The summed E-state index contributed by atoms with van der Waals surface area (Å²) in [6.07, 6.45) is 4.58. The van der Waals surface area contributed by atoms with E-state index in [9.17, 15) is 21.6 Å². The van der Waals surface area contributed by atoms with Crippen LogP contribution in [0.2, 0.25) is 0 Å². The second-order valence-corrected chi connectivity index (χ2v) is 4.70. The van der Waals surface area contributed by atoms with Crippen LogP contribution in [0.15, 0.2) is 24.0 Å². The van der Waals surface area contributed by atoms with Crippen molar-refractivity contribution in [2.45, 2.75) is 18.9 Å². The summed E-state index contributed by atoms with van der Waals surface area (Å²) in [6.45, 7) is 1.85. The third kappa shape index (κ3) is 2.98. The van der Waals surface area contributed by atoms with E-state index in [4.69, 9.17) is 0 Å². The molecule has 1 aliphatic carbocycles. The van der Waals surface area contributed by atoms with Gasteiger partial charge < -0.3 is 4.18 Å². The van der Waals surface area contributed by atoms with E-state index in [0.717, 1.165) is 0 Å². The molecule has 3 nitrogen and oxygen atoms in total. The van der Waals surface area contributed by atoms with Gasteiger partial charge in [-0.05, 0) is 24.5 Å².